The zero-order chi connectivity index (χ0) is 29.1. The summed E-state index contributed by atoms with van der Waals surface area (Å²) in [6, 6.07) is 14.7. The van der Waals surface area contributed by atoms with Crippen LogP contribution in [0.5, 0.6) is 0 Å². The minimum absolute atomic E-state index is 0.0319. The maximum atomic E-state index is 13.7. The van der Waals surface area contributed by atoms with E-state index >= 15 is 0 Å². The summed E-state index contributed by atoms with van der Waals surface area (Å²) < 4.78 is 32.2. The molecule has 2 aromatic rings. The molecule has 3 amide bonds. The van der Waals surface area contributed by atoms with E-state index in [2.05, 4.69) is 5.32 Å². The molecular weight excluding hydrogens is 552 g/mol. The lowest BCUT2D eigenvalue weighted by Gasteiger charge is -2.39. The van der Waals surface area contributed by atoms with Crippen LogP contribution in [0.25, 0.3) is 0 Å². The van der Waals surface area contributed by atoms with E-state index in [1.165, 1.54) is 11.4 Å². The molecule has 1 fully saturated rings. The van der Waals surface area contributed by atoms with E-state index in [0.717, 1.165) is 23.2 Å². The van der Waals surface area contributed by atoms with E-state index in [9.17, 15) is 18.0 Å². The summed E-state index contributed by atoms with van der Waals surface area (Å²) in [5, 5.41) is 3.63. The number of methoxy groups -OCH3 is 1. The standard InChI is InChI=1S/C29H41ClN4O5S/c1-4-20-40(37,38)33(18-19-39-3)22-28(35)34(21-23-10-12-25(30)13-11-23)26-14-16-32(17-15-26)29(36)31-27-9-7-6-8-24(27)5-2/h6-13,26H,4-5,14-22H2,1-3H3,(H,31,36). The van der Waals surface area contributed by atoms with Gasteiger partial charge >= 0.3 is 6.03 Å². The highest BCUT2D eigenvalue weighted by molar-refractivity contribution is 7.89. The van der Waals surface area contributed by atoms with Crippen molar-refractivity contribution in [2.24, 2.45) is 0 Å². The van der Waals surface area contributed by atoms with Crippen LogP contribution in [0.15, 0.2) is 48.5 Å². The first kappa shape index (κ1) is 31.9. The van der Waals surface area contributed by atoms with Crippen molar-refractivity contribution >= 4 is 39.2 Å². The number of piperidine rings is 1. The largest absolute Gasteiger partial charge is 0.383 e. The monoisotopic (exact) mass is 592 g/mol. The summed E-state index contributed by atoms with van der Waals surface area (Å²) in [6.07, 6.45) is 2.44. The van der Waals surface area contributed by atoms with Crippen LogP contribution >= 0.6 is 11.6 Å². The van der Waals surface area contributed by atoms with E-state index in [-0.39, 0.29) is 43.4 Å². The van der Waals surface area contributed by atoms with Crippen molar-refractivity contribution in [2.75, 3.05) is 51.0 Å². The normalized spacial score (nSPS) is 14.4. The van der Waals surface area contributed by atoms with Crippen LogP contribution in [-0.2, 0) is 32.5 Å². The number of amides is 3. The van der Waals surface area contributed by atoms with E-state index in [1.54, 1.807) is 28.9 Å². The van der Waals surface area contributed by atoms with Gasteiger partial charge in [-0.05, 0) is 55.0 Å². The van der Waals surface area contributed by atoms with Gasteiger partial charge in [-0.15, -0.1) is 0 Å². The van der Waals surface area contributed by atoms with Gasteiger partial charge in [0.1, 0.15) is 0 Å². The lowest BCUT2D eigenvalue weighted by atomic mass is 10.0. The number of urea groups is 1. The Morgan fingerprint density at radius 2 is 1.75 bits per heavy atom. The van der Waals surface area contributed by atoms with Gasteiger partial charge in [-0.25, -0.2) is 13.2 Å². The number of sulfonamides is 1. The summed E-state index contributed by atoms with van der Waals surface area (Å²) in [7, 11) is -2.11. The van der Waals surface area contributed by atoms with Gasteiger partial charge in [0, 0.05) is 50.0 Å². The molecule has 1 heterocycles. The van der Waals surface area contributed by atoms with Crippen LogP contribution in [0.4, 0.5) is 10.5 Å². The van der Waals surface area contributed by atoms with Crippen LogP contribution in [-0.4, -0.2) is 86.2 Å². The van der Waals surface area contributed by atoms with Crippen LogP contribution in [0, 0.1) is 0 Å². The number of ether oxygens (including phenoxy) is 1. The highest BCUT2D eigenvalue weighted by Crippen LogP contribution is 2.23. The molecule has 0 spiro atoms. The first-order chi connectivity index (χ1) is 19.2. The predicted octanol–water partition coefficient (Wildman–Crippen LogP) is 4.62. The number of para-hydroxylation sites is 1. The zero-order valence-electron chi connectivity index (χ0n) is 23.6. The smallest absolute Gasteiger partial charge is 0.321 e. The average molecular weight is 593 g/mol. The summed E-state index contributed by atoms with van der Waals surface area (Å²) in [6.45, 7) is 5.18. The fourth-order valence-electron chi connectivity index (χ4n) is 4.87. The predicted molar refractivity (Wildman–Crippen MR) is 159 cm³/mol. The highest BCUT2D eigenvalue weighted by Gasteiger charge is 2.32. The summed E-state index contributed by atoms with van der Waals surface area (Å²) in [4.78, 5) is 30.3. The number of nitrogens with zero attached hydrogens (tertiary/aromatic N) is 3. The Morgan fingerprint density at radius 1 is 1.07 bits per heavy atom. The molecule has 0 radical (unpaired) electrons. The van der Waals surface area contributed by atoms with Gasteiger partial charge in [0.15, 0.2) is 0 Å². The highest BCUT2D eigenvalue weighted by atomic mass is 35.5. The molecule has 3 rings (SSSR count). The molecule has 9 nitrogen and oxygen atoms in total. The number of rotatable bonds is 13. The van der Waals surface area contributed by atoms with Crippen molar-refractivity contribution in [2.45, 2.75) is 52.1 Å². The summed E-state index contributed by atoms with van der Waals surface area (Å²) >= 11 is 6.07. The maximum absolute atomic E-state index is 13.7. The zero-order valence-corrected chi connectivity index (χ0v) is 25.2. The number of nitrogens with one attached hydrogen (secondary N) is 1. The molecule has 0 aliphatic carbocycles. The number of likely N-dealkylation sites (tertiary alicyclic amines) is 1. The molecule has 1 N–H and O–H groups in total. The van der Waals surface area contributed by atoms with E-state index in [4.69, 9.17) is 16.3 Å². The van der Waals surface area contributed by atoms with E-state index in [1.807, 2.05) is 43.3 Å². The Morgan fingerprint density at radius 3 is 2.38 bits per heavy atom. The lowest BCUT2D eigenvalue weighted by Crippen LogP contribution is -2.52. The number of carbonyl (C=O) groups excluding carboxylic acids is 2. The number of aryl methyl sites for hydroxylation is 1. The molecule has 2 aromatic carbocycles. The van der Waals surface area contributed by atoms with Crippen molar-refractivity contribution in [3.8, 4) is 0 Å². The lowest BCUT2D eigenvalue weighted by molar-refractivity contribution is -0.135. The Labute approximate surface area is 243 Å². The molecule has 0 unspecified atom stereocenters. The molecule has 0 aromatic heterocycles. The number of anilines is 1. The maximum Gasteiger partial charge on any atom is 0.321 e. The average Bonchev–Trinajstić information content (AvgIpc) is 2.95. The number of hydrogen-bond acceptors (Lipinski definition) is 5. The van der Waals surface area contributed by atoms with Crippen molar-refractivity contribution in [1.29, 1.82) is 0 Å². The molecule has 0 saturated carbocycles. The van der Waals surface area contributed by atoms with Crippen LogP contribution in [0.1, 0.15) is 44.2 Å². The van der Waals surface area contributed by atoms with Crippen molar-refractivity contribution in [3.63, 3.8) is 0 Å². The first-order valence-electron chi connectivity index (χ1n) is 13.8. The molecule has 11 heteroatoms. The second kappa shape index (κ2) is 15.4. The summed E-state index contributed by atoms with van der Waals surface area (Å²) in [5.74, 6) is -0.305. The Balaban J connectivity index is 1.74. The molecule has 0 bridgehead atoms. The number of benzene rings is 2. The molecule has 1 saturated heterocycles. The molecule has 220 valence electrons. The third kappa shape index (κ3) is 8.92. The van der Waals surface area contributed by atoms with E-state index in [0.29, 0.717) is 43.9 Å². The number of hydrogen-bond donors (Lipinski definition) is 1. The second-order valence-electron chi connectivity index (χ2n) is 9.95. The van der Waals surface area contributed by atoms with Crippen LogP contribution < -0.4 is 5.32 Å². The third-order valence-corrected chi connectivity index (χ3v) is 9.41. The number of carbonyl (C=O) groups is 2. The van der Waals surface area contributed by atoms with Gasteiger partial charge in [-0.3, -0.25) is 4.79 Å². The number of halogens is 1. The van der Waals surface area contributed by atoms with Gasteiger partial charge in [-0.2, -0.15) is 4.31 Å². The fourth-order valence-corrected chi connectivity index (χ4v) is 6.43. The third-order valence-electron chi connectivity index (χ3n) is 7.13. The SMILES string of the molecule is CCCS(=O)(=O)N(CCOC)CC(=O)N(Cc1ccc(Cl)cc1)C1CCN(C(=O)Nc2ccccc2CC)CC1. The Kier molecular flexibility index (Phi) is 12.2. The van der Waals surface area contributed by atoms with Gasteiger partial charge in [0.05, 0.1) is 18.9 Å². The summed E-state index contributed by atoms with van der Waals surface area (Å²) in [5.41, 5.74) is 2.77. The van der Waals surface area contributed by atoms with Crippen LogP contribution in [0.3, 0.4) is 0 Å². The molecule has 1 aliphatic heterocycles. The molecular formula is C29H41ClN4O5S. The quantitative estimate of drug-likeness (QED) is 0.366. The molecule has 40 heavy (non-hydrogen) atoms. The minimum Gasteiger partial charge on any atom is -0.383 e. The van der Waals surface area contributed by atoms with Gasteiger partial charge in [0.25, 0.3) is 0 Å². The minimum atomic E-state index is -3.61. The first-order valence-corrected chi connectivity index (χ1v) is 15.8. The van der Waals surface area contributed by atoms with E-state index < -0.39 is 10.0 Å². The molecule has 1 aliphatic rings. The Hall–Kier alpha value is -2.66. The van der Waals surface area contributed by atoms with Crippen molar-refractivity contribution < 1.29 is 22.7 Å². The van der Waals surface area contributed by atoms with Crippen molar-refractivity contribution in [1.82, 2.24) is 14.1 Å². The fraction of sp³-hybridized carbons (Fsp3) is 0.517. The second-order valence-corrected chi connectivity index (χ2v) is 12.5. The van der Waals surface area contributed by atoms with Gasteiger partial charge in [0.2, 0.25) is 15.9 Å². The topological polar surface area (TPSA) is 99.3 Å². The Bertz CT molecular complexity index is 1220. The van der Waals surface area contributed by atoms with Gasteiger partial charge < -0.3 is 19.9 Å². The molecule has 0 atom stereocenters. The van der Waals surface area contributed by atoms with Crippen LogP contribution in [0.2, 0.25) is 5.02 Å². The van der Waals surface area contributed by atoms with Crippen molar-refractivity contribution in [3.05, 3.63) is 64.7 Å². The van der Waals surface area contributed by atoms with Gasteiger partial charge in [-0.1, -0.05) is 55.8 Å².